The summed E-state index contributed by atoms with van der Waals surface area (Å²) in [5.41, 5.74) is 3.37. The van der Waals surface area contributed by atoms with E-state index >= 15 is 0 Å². The molecule has 0 atom stereocenters. The van der Waals surface area contributed by atoms with Crippen molar-refractivity contribution in [3.63, 3.8) is 0 Å². The maximum Gasteiger partial charge on any atom is 0.229 e. The van der Waals surface area contributed by atoms with Gasteiger partial charge in [0.15, 0.2) is 0 Å². The minimum absolute atomic E-state index is 0.597. The lowest BCUT2D eigenvalue weighted by molar-refractivity contribution is 0.438. The molecule has 1 saturated heterocycles. The van der Waals surface area contributed by atoms with Crippen LogP contribution in [0, 0.1) is 5.92 Å². The highest BCUT2D eigenvalue weighted by Crippen LogP contribution is 2.26. The maximum absolute atomic E-state index is 4.66. The molecule has 5 heteroatoms. The first kappa shape index (κ1) is 18.3. The van der Waals surface area contributed by atoms with E-state index in [2.05, 4.69) is 63.5 Å². The molecule has 4 rings (SSSR count). The van der Waals surface area contributed by atoms with Crippen LogP contribution in [0.4, 0.5) is 28.8 Å². The summed E-state index contributed by atoms with van der Waals surface area (Å²) in [5, 5.41) is 3.32. The maximum atomic E-state index is 4.66. The Bertz CT molecular complexity index is 886. The fraction of sp³-hybridized carbons (Fsp3) is 0.304. The largest absolute Gasteiger partial charge is 0.372 e. The van der Waals surface area contributed by atoms with E-state index in [1.54, 1.807) is 6.20 Å². The first-order chi connectivity index (χ1) is 13.7. The third-order valence-electron chi connectivity index (χ3n) is 5.40. The number of anilines is 5. The summed E-state index contributed by atoms with van der Waals surface area (Å²) in [5.74, 6) is 2.29. The SMILES string of the molecule is CC1CCN(c2ccc(Nc3nccc(N(C)c4ccccc4)n3)cc2)CC1. The van der Waals surface area contributed by atoms with E-state index in [0.29, 0.717) is 5.95 Å². The Morgan fingerprint density at radius 1 is 0.964 bits per heavy atom. The quantitative estimate of drug-likeness (QED) is 0.664. The average Bonchev–Trinajstić information content (AvgIpc) is 2.75. The molecule has 3 aromatic rings. The van der Waals surface area contributed by atoms with Crippen LogP contribution < -0.4 is 15.1 Å². The van der Waals surface area contributed by atoms with Crippen molar-refractivity contribution in [3.8, 4) is 0 Å². The molecule has 1 aliphatic heterocycles. The number of benzene rings is 2. The zero-order valence-electron chi connectivity index (χ0n) is 16.5. The molecule has 0 aliphatic carbocycles. The molecule has 0 saturated carbocycles. The van der Waals surface area contributed by atoms with Gasteiger partial charge in [-0.3, -0.25) is 0 Å². The lowest BCUT2D eigenvalue weighted by Crippen LogP contribution is -2.32. The van der Waals surface area contributed by atoms with Crippen LogP contribution in [0.25, 0.3) is 0 Å². The Balaban J connectivity index is 1.44. The van der Waals surface area contributed by atoms with Crippen molar-refractivity contribution in [1.29, 1.82) is 0 Å². The van der Waals surface area contributed by atoms with Crippen molar-refractivity contribution in [3.05, 3.63) is 66.9 Å². The molecule has 28 heavy (non-hydrogen) atoms. The second kappa shape index (κ2) is 8.30. The number of hydrogen-bond acceptors (Lipinski definition) is 5. The van der Waals surface area contributed by atoms with E-state index in [9.17, 15) is 0 Å². The second-order valence-corrected chi connectivity index (χ2v) is 7.47. The molecule has 1 aliphatic rings. The summed E-state index contributed by atoms with van der Waals surface area (Å²) >= 11 is 0. The van der Waals surface area contributed by atoms with Crippen LogP contribution in [0.2, 0.25) is 0 Å². The van der Waals surface area contributed by atoms with Crippen LogP contribution in [0.5, 0.6) is 0 Å². The molecule has 2 heterocycles. The summed E-state index contributed by atoms with van der Waals surface area (Å²) in [6.45, 7) is 4.63. The fourth-order valence-corrected chi connectivity index (χ4v) is 3.53. The highest BCUT2D eigenvalue weighted by molar-refractivity contribution is 5.63. The topological polar surface area (TPSA) is 44.3 Å². The predicted molar refractivity (Wildman–Crippen MR) is 117 cm³/mol. The van der Waals surface area contributed by atoms with Crippen LogP contribution in [-0.2, 0) is 0 Å². The minimum Gasteiger partial charge on any atom is -0.372 e. The molecule has 0 spiro atoms. The molecule has 0 bridgehead atoms. The van der Waals surface area contributed by atoms with Gasteiger partial charge in [-0.25, -0.2) is 4.98 Å². The summed E-state index contributed by atoms with van der Waals surface area (Å²) in [4.78, 5) is 13.5. The summed E-state index contributed by atoms with van der Waals surface area (Å²) in [7, 11) is 2.01. The zero-order chi connectivity index (χ0) is 19.3. The van der Waals surface area contributed by atoms with Crippen molar-refractivity contribution >= 4 is 28.8 Å². The van der Waals surface area contributed by atoms with Crippen LogP contribution in [0.15, 0.2) is 66.9 Å². The second-order valence-electron chi connectivity index (χ2n) is 7.47. The van der Waals surface area contributed by atoms with E-state index in [4.69, 9.17) is 0 Å². The van der Waals surface area contributed by atoms with Gasteiger partial charge in [-0.2, -0.15) is 4.98 Å². The molecule has 1 aromatic heterocycles. The molecule has 2 aromatic carbocycles. The van der Waals surface area contributed by atoms with Crippen LogP contribution >= 0.6 is 0 Å². The zero-order valence-corrected chi connectivity index (χ0v) is 16.5. The third kappa shape index (κ3) is 4.25. The lowest BCUT2D eigenvalue weighted by atomic mass is 9.99. The van der Waals surface area contributed by atoms with Gasteiger partial charge in [0, 0.05) is 43.4 Å². The molecule has 144 valence electrons. The Morgan fingerprint density at radius 3 is 2.39 bits per heavy atom. The van der Waals surface area contributed by atoms with E-state index in [0.717, 1.165) is 36.2 Å². The predicted octanol–water partition coefficient (Wildman–Crippen LogP) is 5.22. The van der Waals surface area contributed by atoms with Crippen LogP contribution in [0.3, 0.4) is 0 Å². The molecule has 0 unspecified atom stereocenters. The van der Waals surface area contributed by atoms with E-state index in [1.807, 2.05) is 36.2 Å². The smallest absolute Gasteiger partial charge is 0.229 e. The number of aromatic nitrogens is 2. The van der Waals surface area contributed by atoms with Crippen LogP contribution in [-0.4, -0.2) is 30.1 Å². The number of nitrogens with zero attached hydrogens (tertiary/aromatic N) is 4. The number of rotatable bonds is 5. The Hall–Kier alpha value is -3.08. The number of hydrogen-bond donors (Lipinski definition) is 1. The van der Waals surface area contributed by atoms with Gasteiger partial charge in [-0.15, -0.1) is 0 Å². The van der Waals surface area contributed by atoms with Crippen molar-refractivity contribution in [1.82, 2.24) is 9.97 Å². The number of nitrogens with one attached hydrogen (secondary N) is 1. The first-order valence-corrected chi connectivity index (χ1v) is 9.93. The third-order valence-corrected chi connectivity index (χ3v) is 5.40. The van der Waals surface area contributed by atoms with Crippen molar-refractivity contribution in [2.75, 3.05) is 35.3 Å². The first-order valence-electron chi connectivity index (χ1n) is 9.93. The Kier molecular flexibility index (Phi) is 5.42. The van der Waals surface area contributed by atoms with Gasteiger partial charge in [-0.05, 0) is 61.2 Å². The van der Waals surface area contributed by atoms with Crippen molar-refractivity contribution in [2.45, 2.75) is 19.8 Å². The van der Waals surface area contributed by atoms with Gasteiger partial charge in [0.1, 0.15) is 5.82 Å². The van der Waals surface area contributed by atoms with Crippen molar-refractivity contribution < 1.29 is 0 Å². The summed E-state index contributed by atoms with van der Waals surface area (Å²) in [6, 6.07) is 20.7. The molecule has 0 radical (unpaired) electrons. The summed E-state index contributed by atoms with van der Waals surface area (Å²) in [6.07, 6.45) is 4.33. The van der Waals surface area contributed by atoms with Crippen LogP contribution in [0.1, 0.15) is 19.8 Å². The Morgan fingerprint density at radius 2 is 1.68 bits per heavy atom. The van der Waals surface area contributed by atoms with Gasteiger partial charge in [0.25, 0.3) is 0 Å². The van der Waals surface area contributed by atoms with E-state index in [-0.39, 0.29) is 0 Å². The Labute approximate surface area is 167 Å². The van der Waals surface area contributed by atoms with Gasteiger partial charge in [0.05, 0.1) is 0 Å². The average molecular weight is 374 g/mol. The molecular formula is C23H27N5. The highest BCUT2D eigenvalue weighted by Gasteiger charge is 2.15. The van der Waals surface area contributed by atoms with Gasteiger partial charge in [-0.1, -0.05) is 25.1 Å². The van der Waals surface area contributed by atoms with E-state index in [1.165, 1.54) is 18.5 Å². The molecule has 1 fully saturated rings. The number of para-hydroxylation sites is 1. The fourth-order valence-electron chi connectivity index (χ4n) is 3.53. The minimum atomic E-state index is 0.597. The highest BCUT2D eigenvalue weighted by atomic mass is 15.2. The van der Waals surface area contributed by atoms with E-state index < -0.39 is 0 Å². The van der Waals surface area contributed by atoms with Gasteiger partial charge in [0.2, 0.25) is 5.95 Å². The molecule has 1 N–H and O–H groups in total. The number of piperidine rings is 1. The molecule has 0 amide bonds. The lowest BCUT2D eigenvalue weighted by Gasteiger charge is -2.32. The monoisotopic (exact) mass is 373 g/mol. The normalized spacial score (nSPS) is 14.7. The standard InChI is InChI=1S/C23H27N5/c1-18-13-16-28(17-14-18)21-10-8-19(9-11-21)25-23-24-15-12-22(26-23)27(2)20-6-4-3-5-7-20/h3-12,15,18H,13-14,16-17H2,1-2H3,(H,24,25,26). The van der Waals surface area contributed by atoms with Crippen molar-refractivity contribution in [2.24, 2.45) is 5.92 Å². The summed E-state index contributed by atoms with van der Waals surface area (Å²) < 4.78 is 0. The molecule has 5 nitrogen and oxygen atoms in total. The molecular weight excluding hydrogens is 346 g/mol. The van der Waals surface area contributed by atoms with Gasteiger partial charge < -0.3 is 15.1 Å². The van der Waals surface area contributed by atoms with Gasteiger partial charge >= 0.3 is 0 Å².